The van der Waals surface area contributed by atoms with Gasteiger partial charge in [0.25, 0.3) is 5.91 Å². The van der Waals surface area contributed by atoms with Gasteiger partial charge in [-0.3, -0.25) is 9.48 Å². The smallest absolute Gasteiger partial charge is 0.337 e. The van der Waals surface area contributed by atoms with E-state index in [1.54, 1.807) is 15.8 Å². The Hall–Kier alpha value is -1.90. The molecule has 0 spiro atoms. The van der Waals surface area contributed by atoms with Crippen LogP contribution in [0.3, 0.4) is 0 Å². The van der Waals surface area contributed by atoms with Crippen LogP contribution in [0.5, 0.6) is 0 Å². The average Bonchev–Trinajstić information content (AvgIpc) is 3.17. The summed E-state index contributed by atoms with van der Waals surface area (Å²) in [6.07, 6.45) is -1.92. The zero-order chi connectivity index (χ0) is 15.7. The summed E-state index contributed by atoms with van der Waals surface area (Å²) in [5.41, 5.74) is 1.14. The number of carbonyl (C=O) groups excluding carboxylic acids is 1. The molecule has 2 aromatic rings. The fraction of sp³-hybridized carbons (Fsp3) is 0.462. The summed E-state index contributed by atoms with van der Waals surface area (Å²) in [6, 6.07) is 0.864. The summed E-state index contributed by atoms with van der Waals surface area (Å²) in [4.78, 5) is 17.8. The molecule has 0 atom stereocenters. The van der Waals surface area contributed by atoms with Gasteiger partial charge in [-0.1, -0.05) is 0 Å². The number of hydrogen-bond acceptors (Lipinski definition) is 4. The number of hydrogen-bond donors (Lipinski definition) is 0. The number of carbonyl (C=O) groups is 1. The predicted molar refractivity (Wildman–Crippen MR) is 73.5 cm³/mol. The second-order valence-corrected chi connectivity index (χ2v) is 5.79. The predicted octanol–water partition coefficient (Wildman–Crippen LogP) is 2.84. The SMILES string of the molecule is O=C(c1cscn1)N1CCC(n2ccc(C(F)(F)F)n2)CC1. The average molecular weight is 330 g/mol. The van der Waals surface area contributed by atoms with E-state index in [0.717, 1.165) is 6.07 Å². The van der Waals surface area contributed by atoms with Crippen LogP contribution in [0.25, 0.3) is 0 Å². The Morgan fingerprint density at radius 1 is 1.32 bits per heavy atom. The third-order valence-electron chi connectivity index (χ3n) is 3.68. The van der Waals surface area contributed by atoms with Gasteiger partial charge in [0.05, 0.1) is 11.6 Å². The molecule has 0 aliphatic carbocycles. The first-order valence-corrected chi connectivity index (χ1v) is 7.69. The summed E-state index contributed by atoms with van der Waals surface area (Å²) in [7, 11) is 0. The van der Waals surface area contributed by atoms with Crippen LogP contribution in [0.15, 0.2) is 23.2 Å². The molecule has 1 aliphatic heterocycles. The number of nitrogens with zero attached hydrogens (tertiary/aromatic N) is 4. The van der Waals surface area contributed by atoms with Crippen molar-refractivity contribution in [2.24, 2.45) is 0 Å². The molecule has 5 nitrogen and oxygen atoms in total. The van der Waals surface area contributed by atoms with E-state index in [0.29, 0.717) is 31.6 Å². The van der Waals surface area contributed by atoms with Gasteiger partial charge in [0.15, 0.2) is 5.69 Å². The highest BCUT2D eigenvalue weighted by Gasteiger charge is 2.34. The highest BCUT2D eigenvalue weighted by atomic mass is 32.1. The first-order chi connectivity index (χ1) is 10.4. The van der Waals surface area contributed by atoms with Crippen molar-refractivity contribution in [3.63, 3.8) is 0 Å². The van der Waals surface area contributed by atoms with Crippen molar-refractivity contribution in [1.82, 2.24) is 19.7 Å². The van der Waals surface area contributed by atoms with Crippen LogP contribution < -0.4 is 0 Å². The largest absolute Gasteiger partial charge is 0.435 e. The third kappa shape index (κ3) is 2.99. The lowest BCUT2D eigenvalue weighted by molar-refractivity contribution is -0.141. The molecule has 2 aromatic heterocycles. The van der Waals surface area contributed by atoms with Crippen LogP contribution in [0, 0.1) is 0 Å². The first-order valence-electron chi connectivity index (χ1n) is 6.75. The molecule has 3 heterocycles. The van der Waals surface area contributed by atoms with Gasteiger partial charge in [-0.25, -0.2) is 4.98 Å². The van der Waals surface area contributed by atoms with E-state index in [1.165, 1.54) is 22.2 Å². The molecule has 118 valence electrons. The van der Waals surface area contributed by atoms with E-state index >= 15 is 0 Å². The van der Waals surface area contributed by atoms with E-state index in [-0.39, 0.29) is 11.9 Å². The maximum atomic E-state index is 12.6. The molecule has 22 heavy (non-hydrogen) atoms. The highest BCUT2D eigenvalue weighted by Crippen LogP contribution is 2.29. The lowest BCUT2D eigenvalue weighted by Gasteiger charge is -2.31. The summed E-state index contributed by atoms with van der Waals surface area (Å²) < 4.78 is 39.0. The van der Waals surface area contributed by atoms with Gasteiger partial charge in [-0.2, -0.15) is 18.3 Å². The van der Waals surface area contributed by atoms with Gasteiger partial charge in [-0.15, -0.1) is 11.3 Å². The van der Waals surface area contributed by atoms with Crippen molar-refractivity contribution in [2.45, 2.75) is 25.1 Å². The van der Waals surface area contributed by atoms with Crippen LogP contribution in [0.1, 0.15) is 35.1 Å². The monoisotopic (exact) mass is 330 g/mol. The minimum Gasteiger partial charge on any atom is -0.337 e. The van der Waals surface area contributed by atoms with E-state index in [9.17, 15) is 18.0 Å². The van der Waals surface area contributed by atoms with E-state index in [4.69, 9.17) is 0 Å². The fourth-order valence-corrected chi connectivity index (χ4v) is 3.03. The van der Waals surface area contributed by atoms with Crippen molar-refractivity contribution in [1.29, 1.82) is 0 Å². The Kier molecular flexibility index (Phi) is 3.90. The van der Waals surface area contributed by atoms with Gasteiger partial charge < -0.3 is 4.90 Å². The molecular weight excluding hydrogens is 317 g/mol. The molecule has 0 aromatic carbocycles. The second kappa shape index (κ2) is 5.71. The second-order valence-electron chi connectivity index (χ2n) is 5.08. The number of thiazole rings is 1. The molecule has 9 heteroatoms. The molecule has 3 rings (SSSR count). The summed E-state index contributed by atoms with van der Waals surface area (Å²) in [5.74, 6) is -0.129. The van der Waals surface area contributed by atoms with Gasteiger partial charge >= 0.3 is 6.18 Å². The normalized spacial score (nSPS) is 17.0. The Morgan fingerprint density at radius 2 is 2.05 bits per heavy atom. The number of alkyl halides is 3. The summed E-state index contributed by atoms with van der Waals surface area (Å²) in [6.45, 7) is 0.977. The third-order valence-corrected chi connectivity index (χ3v) is 4.26. The molecule has 1 fully saturated rings. The van der Waals surface area contributed by atoms with Crippen molar-refractivity contribution >= 4 is 17.2 Å². The van der Waals surface area contributed by atoms with E-state index < -0.39 is 11.9 Å². The van der Waals surface area contributed by atoms with Gasteiger partial charge in [0.1, 0.15) is 5.69 Å². The highest BCUT2D eigenvalue weighted by molar-refractivity contribution is 7.07. The molecule has 1 saturated heterocycles. The lowest BCUT2D eigenvalue weighted by atomic mass is 10.1. The van der Waals surface area contributed by atoms with Crippen LogP contribution in [-0.4, -0.2) is 38.7 Å². The Balaban J connectivity index is 1.62. The first kappa shape index (κ1) is 15.0. The Morgan fingerprint density at radius 3 is 2.59 bits per heavy atom. The molecule has 0 N–H and O–H groups in total. The van der Waals surface area contributed by atoms with Crippen LogP contribution in [0.4, 0.5) is 13.2 Å². The zero-order valence-corrected chi connectivity index (χ0v) is 12.3. The summed E-state index contributed by atoms with van der Waals surface area (Å²) in [5, 5.41) is 5.29. The summed E-state index contributed by atoms with van der Waals surface area (Å²) >= 11 is 1.36. The van der Waals surface area contributed by atoms with E-state index in [2.05, 4.69) is 10.1 Å². The zero-order valence-electron chi connectivity index (χ0n) is 11.5. The van der Waals surface area contributed by atoms with Gasteiger partial charge in [-0.05, 0) is 18.9 Å². The molecule has 1 aliphatic rings. The molecule has 0 unspecified atom stereocenters. The van der Waals surface area contributed by atoms with Crippen molar-refractivity contribution < 1.29 is 18.0 Å². The minimum absolute atomic E-state index is 0.115. The van der Waals surface area contributed by atoms with Crippen molar-refractivity contribution in [3.8, 4) is 0 Å². The van der Waals surface area contributed by atoms with Crippen molar-refractivity contribution in [2.75, 3.05) is 13.1 Å². The minimum atomic E-state index is -4.42. The van der Waals surface area contributed by atoms with Crippen LogP contribution >= 0.6 is 11.3 Å². The molecule has 0 saturated carbocycles. The fourth-order valence-electron chi connectivity index (χ4n) is 2.51. The number of likely N-dealkylation sites (tertiary alicyclic amines) is 1. The number of aromatic nitrogens is 3. The quantitative estimate of drug-likeness (QED) is 0.851. The maximum Gasteiger partial charge on any atom is 0.435 e. The topological polar surface area (TPSA) is 51.0 Å². The molecule has 0 bridgehead atoms. The Bertz CT molecular complexity index is 645. The van der Waals surface area contributed by atoms with Crippen molar-refractivity contribution in [3.05, 3.63) is 34.5 Å². The lowest BCUT2D eigenvalue weighted by Crippen LogP contribution is -2.39. The van der Waals surface area contributed by atoms with Crippen LogP contribution in [0.2, 0.25) is 0 Å². The number of amides is 1. The van der Waals surface area contributed by atoms with E-state index in [1.807, 2.05) is 0 Å². The molecular formula is C13H13F3N4OS. The molecule has 0 radical (unpaired) electrons. The maximum absolute atomic E-state index is 12.6. The number of rotatable bonds is 2. The van der Waals surface area contributed by atoms with Gasteiger partial charge in [0.2, 0.25) is 0 Å². The standard InChI is InChI=1S/C13H13F3N4OS/c14-13(15,16)11-3-6-20(18-11)9-1-4-19(5-2-9)12(21)10-7-22-8-17-10/h3,6-9H,1-2,4-5H2. The number of halogens is 3. The molecule has 1 amide bonds. The van der Waals surface area contributed by atoms with Crippen LogP contribution in [-0.2, 0) is 6.18 Å². The van der Waals surface area contributed by atoms with Gasteiger partial charge in [0, 0.05) is 24.7 Å². The Labute approximate surface area is 128 Å². The number of piperidine rings is 1.